The standard InChI is InChI=1S/C23H31N3O4/c1-16-4-2-6-19(24-16)20(27)25-23-7-3-5-17-12-18(23)14-22(13-17,15-23)30-21(28)26-8-10-29-11-9-26/h2,4,6,17-18H,3,5,7-15H2,1H3,(H,25,27). The summed E-state index contributed by atoms with van der Waals surface area (Å²) in [6, 6.07) is 5.54. The van der Waals surface area contributed by atoms with Crippen molar-refractivity contribution < 1.29 is 19.1 Å². The van der Waals surface area contributed by atoms with Crippen molar-refractivity contribution in [3.63, 3.8) is 0 Å². The number of fused-ring (bicyclic) bond motifs is 2. The Morgan fingerprint density at radius 2 is 2.10 bits per heavy atom. The summed E-state index contributed by atoms with van der Waals surface area (Å²) < 4.78 is 11.6. The molecule has 3 bridgehead atoms. The summed E-state index contributed by atoms with van der Waals surface area (Å²) >= 11 is 0. The van der Waals surface area contributed by atoms with Crippen molar-refractivity contribution in [2.45, 2.75) is 63.0 Å². The third-order valence-electron chi connectivity index (χ3n) is 7.61. The van der Waals surface area contributed by atoms with Gasteiger partial charge in [0.05, 0.1) is 13.2 Å². The van der Waals surface area contributed by atoms with Gasteiger partial charge in [-0.3, -0.25) is 4.79 Å². The van der Waals surface area contributed by atoms with Gasteiger partial charge >= 0.3 is 6.09 Å². The molecule has 162 valence electrons. The zero-order valence-corrected chi connectivity index (χ0v) is 17.7. The van der Waals surface area contributed by atoms with Gasteiger partial charge in [-0.15, -0.1) is 0 Å². The molecule has 4 unspecified atom stereocenters. The van der Waals surface area contributed by atoms with Crippen LogP contribution < -0.4 is 5.32 Å². The Hall–Kier alpha value is -2.15. The molecular formula is C23H31N3O4. The van der Waals surface area contributed by atoms with E-state index in [0.717, 1.165) is 50.6 Å². The molecule has 0 aromatic carbocycles. The Labute approximate surface area is 177 Å². The highest BCUT2D eigenvalue weighted by Crippen LogP contribution is 2.59. The van der Waals surface area contributed by atoms with Crippen LogP contribution in [-0.4, -0.2) is 59.3 Å². The molecule has 3 saturated carbocycles. The number of aryl methyl sites for hydroxylation is 1. The monoisotopic (exact) mass is 413 g/mol. The van der Waals surface area contributed by atoms with Gasteiger partial charge in [0, 0.05) is 30.7 Å². The lowest BCUT2D eigenvalue weighted by molar-refractivity contribution is -0.0513. The van der Waals surface area contributed by atoms with Crippen LogP contribution in [0.25, 0.3) is 0 Å². The molecule has 1 aliphatic heterocycles. The van der Waals surface area contributed by atoms with E-state index in [-0.39, 0.29) is 17.5 Å². The minimum Gasteiger partial charge on any atom is -0.443 e. The quantitative estimate of drug-likeness (QED) is 0.824. The van der Waals surface area contributed by atoms with Crippen LogP contribution in [0.5, 0.6) is 0 Å². The van der Waals surface area contributed by atoms with Gasteiger partial charge in [-0.05, 0) is 56.6 Å². The SMILES string of the molecule is Cc1cccc(C(=O)NC23CCCC4CC2CC(OC(=O)N2CCOCC2)(C4)C3)n1. The fraction of sp³-hybridized carbons (Fsp3) is 0.696. The number of nitrogens with zero attached hydrogens (tertiary/aromatic N) is 2. The molecule has 4 atom stereocenters. The van der Waals surface area contributed by atoms with Crippen molar-refractivity contribution in [3.8, 4) is 0 Å². The largest absolute Gasteiger partial charge is 0.443 e. The number of nitrogens with one attached hydrogen (secondary N) is 1. The second kappa shape index (κ2) is 7.52. The second-order valence-electron chi connectivity index (χ2n) is 9.70. The first-order chi connectivity index (χ1) is 14.5. The van der Waals surface area contributed by atoms with Gasteiger partial charge in [0.2, 0.25) is 0 Å². The predicted molar refractivity (Wildman–Crippen MR) is 110 cm³/mol. The van der Waals surface area contributed by atoms with Crippen molar-refractivity contribution in [1.82, 2.24) is 15.2 Å². The molecule has 2 heterocycles. The molecule has 5 rings (SSSR count). The number of carbonyl (C=O) groups is 2. The van der Waals surface area contributed by atoms with E-state index in [4.69, 9.17) is 9.47 Å². The van der Waals surface area contributed by atoms with Crippen LogP contribution in [0.4, 0.5) is 4.79 Å². The van der Waals surface area contributed by atoms with Crippen LogP contribution in [-0.2, 0) is 9.47 Å². The molecular weight excluding hydrogens is 382 g/mol. The van der Waals surface area contributed by atoms with Gasteiger partial charge in [0.25, 0.3) is 5.91 Å². The summed E-state index contributed by atoms with van der Waals surface area (Å²) in [7, 11) is 0. The Morgan fingerprint density at radius 1 is 1.27 bits per heavy atom. The van der Waals surface area contributed by atoms with E-state index >= 15 is 0 Å². The number of hydrogen-bond acceptors (Lipinski definition) is 5. The van der Waals surface area contributed by atoms with Gasteiger partial charge < -0.3 is 19.7 Å². The number of rotatable bonds is 3. The van der Waals surface area contributed by atoms with Crippen LogP contribution >= 0.6 is 0 Å². The molecule has 30 heavy (non-hydrogen) atoms. The van der Waals surface area contributed by atoms with E-state index < -0.39 is 5.60 Å². The lowest BCUT2D eigenvalue weighted by Gasteiger charge is -2.39. The summed E-state index contributed by atoms with van der Waals surface area (Å²) in [6.45, 7) is 4.20. The van der Waals surface area contributed by atoms with Gasteiger partial charge in [-0.25, -0.2) is 9.78 Å². The molecule has 0 radical (unpaired) electrons. The summed E-state index contributed by atoms with van der Waals surface area (Å²) in [5, 5.41) is 3.39. The fourth-order valence-corrected chi connectivity index (χ4v) is 6.41. The average Bonchev–Trinajstić information content (AvgIpc) is 2.86. The zero-order chi connectivity index (χ0) is 20.8. The average molecular weight is 414 g/mol. The molecule has 3 aliphatic carbocycles. The van der Waals surface area contributed by atoms with Crippen LogP contribution in [0.15, 0.2) is 18.2 Å². The van der Waals surface area contributed by atoms with Crippen molar-refractivity contribution >= 4 is 12.0 Å². The van der Waals surface area contributed by atoms with Crippen molar-refractivity contribution in [2.24, 2.45) is 11.8 Å². The normalized spacial score (nSPS) is 35.0. The van der Waals surface area contributed by atoms with Gasteiger partial charge in [0.1, 0.15) is 11.3 Å². The number of hydrogen-bond donors (Lipinski definition) is 1. The number of carbonyl (C=O) groups excluding carboxylic acids is 2. The zero-order valence-electron chi connectivity index (χ0n) is 17.7. The molecule has 1 aromatic heterocycles. The molecule has 7 heteroatoms. The second-order valence-corrected chi connectivity index (χ2v) is 9.70. The highest BCUT2D eigenvalue weighted by molar-refractivity contribution is 5.93. The molecule has 1 saturated heterocycles. The van der Waals surface area contributed by atoms with E-state index in [1.807, 2.05) is 19.1 Å². The lowest BCUT2D eigenvalue weighted by Crippen LogP contribution is -2.52. The highest BCUT2D eigenvalue weighted by atomic mass is 16.6. The van der Waals surface area contributed by atoms with Crippen molar-refractivity contribution in [2.75, 3.05) is 26.3 Å². The maximum absolute atomic E-state index is 13.1. The lowest BCUT2D eigenvalue weighted by atomic mass is 9.77. The highest BCUT2D eigenvalue weighted by Gasteiger charge is 2.62. The van der Waals surface area contributed by atoms with Crippen LogP contribution in [0.3, 0.4) is 0 Å². The summed E-state index contributed by atoms with van der Waals surface area (Å²) in [4.78, 5) is 32.2. The maximum atomic E-state index is 13.1. The smallest absolute Gasteiger partial charge is 0.410 e. The predicted octanol–water partition coefficient (Wildman–Crippen LogP) is 3.07. The molecule has 0 spiro atoms. The van der Waals surface area contributed by atoms with Gasteiger partial charge in [0.15, 0.2) is 0 Å². The first-order valence-electron chi connectivity index (χ1n) is 11.3. The molecule has 1 aromatic rings. The number of ether oxygens (including phenoxy) is 2. The Bertz CT molecular complexity index is 839. The molecule has 2 amide bonds. The Balaban J connectivity index is 1.37. The van der Waals surface area contributed by atoms with E-state index in [9.17, 15) is 9.59 Å². The Morgan fingerprint density at radius 3 is 2.90 bits per heavy atom. The molecule has 4 aliphatic rings. The summed E-state index contributed by atoms with van der Waals surface area (Å²) in [5.74, 6) is 0.809. The van der Waals surface area contributed by atoms with E-state index in [0.29, 0.717) is 43.8 Å². The fourth-order valence-electron chi connectivity index (χ4n) is 6.41. The third-order valence-corrected chi connectivity index (χ3v) is 7.61. The van der Waals surface area contributed by atoms with Crippen molar-refractivity contribution in [1.29, 1.82) is 0 Å². The van der Waals surface area contributed by atoms with Crippen LogP contribution in [0.1, 0.15) is 61.1 Å². The number of aromatic nitrogens is 1. The minimum absolute atomic E-state index is 0.112. The number of morpholine rings is 1. The Kier molecular flexibility index (Phi) is 4.96. The van der Waals surface area contributed by atoms with Gasteiger partial charge in [-0.2, -0.15) is 0 Å². The third kappa shape index (κ3) is 3.57. The topological polar surface area (TPSA) is 80.8 Å². The first-order valence-corrected chi connectivity index (χ1v) is 11.3. The van der Waals surface area contributed by atoms with E-state index in [2.05, 4.69) is 10.3 Å². The minimum atomic E-state index is -0.462. The molecule has 4 fully saturated rings. The molecule has 7 nitrogen and oxygen atoms in total. The number of amides is 2. The summed E-state index contributed by atoms with van der Waals surface area (Å²) in [5.41, 5.74) is 0.531. The first kappa shape index (κ1) is 19.8. The summed E-state index contributed by atoms with van der Waals surface area (Å²) in [6.07, 6.45) is 6.57. The van der Waals surface area contributed by atoms with Gasteiger partial charge in [-0.1, -0.05) is 18.9 Å². The van der Waals surface area contributed by atoms with Crippen LogP contribution in [0, 0.1) is 18.8 Å². The number of pyridine rings is 1. The van der Waals surface area contributed by atoms with Crippen LogP contribution in [0.2, 0.25) is 0 Å². The van der Waals surface area contributed by atoms with Crippen molar-refractivity contribution in [3.05, 3.63) is 29.6 Å². The maximum Gasteiger partial charge on any atom is 0.410 e. The van der Waals surface area contributed by atoms with E-state index in [1.54, 1.807) is 11.0 Å². The molecule has 1 N–H and O–H groups in total. The van der Waals surface area contributed by atoms with E-state index in [1.165, 1.54) is 0 Å².